The molecule has 0 saturated heterocycles. The van der Waals surface area contributed by atoms with Crippen LogP contribution in [0.4, 0.5) is 0 Å². The number of hydrogen-bond acceptors (Lipinski definition) is 6. The lowest BCUT2D eigenvalue weighted by Crippen LogP contribution is -2.14. The second-order valence-electron chi connectivity index (χ2n) is 4.83. The SMILES string of the molecule is Cc1ccc(OCCOCCOCCOCCOCCO)cc1. The zero-order chi connectivity index (χ0) is 16.6. The van der Waals surface area contributed by atoms with Crippen LogP contribution < -0.4 is 4.74 Å². The molecule has 0 heterocycles. The Morgan fingerprint density at radius 3 is 1.57 bits per heavy atom. The molecule has 132 valence electrons. The molecule has 1 aromatic carbocycles. The van der Waals surface area contributed by atoms with Gasteiger partial charge >= 0.3 is 0 Å². The zero-order valence-electron chi connectivity index (χ0n) is 13.9. The summed E-state index contributed by atoms with van der Waals surface area (Å²) in [6, 6.07) is 7.94. The molecule has 6 nitrogen and oxygen atoms in total. The third-order valence-electron chi connectivity index (χ3n) is 2.87. The fraction of sp³-hybridized carbons (Fsp3) is 0.647. The molecule has 0 aliphatic rings. The van der Waals surface area contributed by atoms with Crippen molar-refractivity contribution in [2.24, 2.45) is 0 Å². The van der Waals surface area contributed by atoms with Crippen LogP contribution in [-0.2, 0) is 18.9 Å². The number of benzene rings is 1. The van der Waals surface area contributed by atoms with E-state index in [1.807, 2.05) is 31.2 Å². The van der Waals surface area contributed by atoms with Crippen LogP contribution in [0.15, 0.2) is 24.3 Å². The molecule has 0 aliphatic heterocycles. The summed E-state index contributed by atoms with van der Waals surface area (Å²) in [5, 5.41) is 8.51. The molecule has 0 fully saturated rings. The van der Waals surface area contributed by atoms with Gasteiger partial charge in [0.2, 0.25) is 0 Å². The van der Waals surface area contributed by atoms with E-state index in [2.05, 4.69) is 0 Å². The Hall–Kier alpha value is -1.18. The van der Waals surface area contributed by atoms with Crippen LogP contribution >= 0.6 is 0 Å². The maximum absolute atomic E-state index is 8.51. The fourth-order valence-corrected chi connectivity index (χ4v) is 1.68. The van der Waals surface area contributed by atoms with E-state index in [4.69, 9.17) is 28.8 Å². The standard InChI is InChI=1S/C17H28O6/c1-16-2-4-17(5-3-16)23-15-14-22-13-12-21-11-10-20-9-8-19-7-6-18/h2-5,18H,6-15H2,1H3. The molecule has 0 amide bonds. The van der Waals surface area contributed by atoms with Crippen molar-refractivity contribution in [2.45, 2.75) is 6.92 Å². The summed E-state index contributed by atoms with van der Waals surface area (Å²) < 4.78 is 26.7. The number of hydrogen-bond donors (Lipinski definition) is 1. The number of ether oxygens (including phenoxy) is 5. The topological polar surface area (TPSA) is 66.4 Å². The van der Waals surface area contributed by atoms with Gasteiger partial charge in [-0.15, -0.1) is 0 Å². The van der Waals surface area contributed by atoms with Crippen molar-refractivity contribution in [3.8, 4) is 5.75 Å². The molecule has 0 bridgehead atoms. The lowest BCUT2D eigenvalue weighted by molar-refractivity contribution is -0.00779. The molecule has 0 saturated carbocycles. The largest absolute Gasteiger partial charge is 0.491 e. The molecule has 0 atom stereocenters. The van der Waals surface area contributed by atoms with Gasteiger partial charge in [-0.25, -0.2) is 0 Å². The van der Waals surface area contributed by atoms with Crippen LogP contribution in [0.3, 0.4) is 0 Å². The van der Waals surface area contributed by atoms with Crippen molar-refractivity contribution in [3.05, 3.63) is 29.8 Å². The molecular weight excluding hydrogens is 300 g/mol. The summed E-state index contributed by atoms with van der Waals surface area (Å²) in [4.78, 5) is 0. The van der Waals surface area contributed by atoms with Crippen molar-refractivity contribution in [1.82, 2.24) is 0 Å². The predicted molar refractivity (Wildman–Crippen MR) is 87.0 cm³/mol. The van der Waals surface area contributed by atoms with Crippen LogP contribution in [0.1, 0.15) is 5.56 Å². The molecule has 1 aromatic rings. The van der Waals surface area contributed by atoms with Crippen molar-refractivity contribution in [3.63, 3.8) is 0 Å². The van der Waals surface area contributed by atoms with E-state index in [-0.39, 0.29) is 6.61 Å². The van der Waals surface area contributed by atoms with Gasteiger partial charge in [-0.05, 0) is 19.1 Å². The van der Waals surface area contributed by atoms with Crippen LogP contribution in [0, 0.1) is 6.92 Å². The summed E-state index contributed by atoms with van der Waals surface area (Å²) in [6.07, 6.45) is 0. The third-order valence-corrected chi connectivity index (χ3v) is 2.87. The maximum atomic E-state index is 8.51. The van der Waals surface area contributed by atoms with Crippen LogP contribution in [0.25, 0.3) is 0 Å². The Kier molecular flexibility index (Phi) is 12.5. The second kappa shape index (κ2) is 14.4. The van der Waals surface area contributed by atoms with Crippen molar-refractivity contribution < 1.29 is 28.8 Å². The van der Waals surface area contributed by atoms with Gasteiger partial charge in [0.15, 0.2) is 0 Å². The van der Waals surface area contributed by atoms with E-state index < -0.39 is 0 Å². The Balaban J connectivity index is 1.77. The van der Waals surface area contributed by atoms with E-state index in [1.54, 1.807) is 0 Å². The number of aliphatic hydroxyl groups is 1. The van der Waals surface area contributed by atoms with Crippen molar-refractivity contribution in [1.29, 1.82) is 0 Å². The van der Waals surface area contributed by atoms with Gasteiger partial charge in [0.25, 0.3) is 0 Å². The van der Waals surface area contributed by atoms with Gasteiger partial charge in [0.05, 0.1) is 59.5 Å². The highest BCUT2D eigenvalue weighted by molar-refractivity contribution is 5.26. The highest BCUT2D eigenvalue weighted by atomic mass is 16.6. The molecule has 23 heavy (non-hydrogen) atoms. The minimum absolute atomic E-state index is 0.0408. The molecule has 0 unspecified atom stereocenters. The van der Waals surface area contributed by atoms with Crippen LogP contribution in [-0.4, -0.2) is 71.2 Å². The van der Waals surface area contributed by atoms with Gasteiger partial charge in [-0.2, -0.15) is 0 Å². The van der Waals surface area contributed by atoms with Crippen molar-refractivity contribution in [2.75, 3.05) is 66.1 Å². The van der Waals surface area contributed by atoms with Gasteiger partial charge in [0, 0.05) is 0 Å². The molecule has 0 aliphatic carbocycles. The Morgan fingerprint density at radius 2 is 1.09 bits per heavy atom. The van der Waals surface area contributed by atoms with E-state index in [1.165, 1.54) is 5.56 Å². The van der Waals surface area contributed by atoms with Gasteiger partial charge in [-0.3, -0.25) is 0 Å². The average molecular weight is 328 g/mol. The summed E-state index contributed by atoms with van der Waals surface area (Å²) >= 11 is 0. The van der Waals surface area contributed by atoms with E-state index in [0.29, 0.717) is 59.5 Å². The molecular formula is C17H28O6. The lowest BCUT2D eigenvalue weighted by atomic mass is 10.2. The van der Waals surface area contributed by atoms with E-state index in [0.717, 1.165) is 5.75 Å². The van der Waals surface area contributed by atoms with Gasteiger partial charge < -0.3 is 28.8 Å². The molecule has 1 N–H and O–H groups in total. The zero-order valence-corrected chi connectivity index (χ0v) is 13.9. The molecule has 1 rings (SSSR count). The quantitative estimate of drug-likeness (QED) is 0.491. The summed E-state index contributed by atoms with van der Waals surface area (Å²) in [5.74, 6) is 0.857. The first-order valence-corrected chi connectivity index (χ1v) is 7.94. The summed E-state index contributed by atoms with van der Waals surface area (Å²) in [5.41, 5.74) is 1.22. The average Bonchev–Trinajstić information content (AvgIpc) is 2.57. The highest BCUT2D eigenvalue weighted by Crippen LogP contribution is 2.10. The van der Waals surface area contributed by atoms with Gasteiger partial charge in [0.1, 0.15) is 12.4 Å². The summed E-state index contributed by atoms with van der Waals surface area (Å²) in [7, 11) is 0. The van der Waals surface area contributed by atoms with Crippen LogP contribution in [0.5, 0.6) is 5.75 Å². The first-order chi connectivity index (χ1) is 11.3. The number of aryl methyl sites for hydroxylation is 1. The predicted octanol–water partition coefficient (Wildman–Crippen LogP) is 1.43. The number of aliphatic hydroxyl groups excluding tert-OH is 1. The minimum Gasteiger partial charge on any atom is -0.491 e. The fourth-order valence-electron chi connectivity index (χ4n) is 1.68. The Labute approximate surface area is 138 Å². The van der Waals surface area contributed by atoms with Crippen molar-refractivity contribution >= 4 is 0 Å². The Morgan fingerprint density at radius 1 is 0.652 bits per heavy atom. The minimum atomic E-state index is 0.0408. The third kappa shape index (κ3) is 12.0. The first kappa shape index (κ1) is 19.9. The number of rotatable bonds is 15. The highest BCUT2D eigenvalue weighted by Gasteiger charge is 1.95. The monoisotopic (exact) mass is 328 g/mol. The second-order valence-corrected chi connectivity index (χ2v) is 4.83. The molecule has 0 radical (unpaired) electrons. The van der Waals surface area contributed by atoms with E-state index >= 15 is 0 Å². The normalized spacial score (nSPS) is 10.9. The smallest absolute Gasteiger partial charge is 0.119 e. The molecule has 0 spiro atoms. The van der Waals surface area contributed by atoms with E-state index in [9.17, 15) is 0 Å². The Bertz CT molecular complexity index is 368. The summed E-state index contributed by atoms with van der Waals surface area (Å²) in [6.45, 7) is 6.64. The maximum Gasteiger partial charge on any atom is 0.119 e. The lowest BCUT2D eigenvalue weighted by Gasteiger charge is -2.08. The first-order valence-electron chi connectivity index (χ1n) is 7.94. The van der Waals surface area contributed by atoms with Crippen LogP contribution in [0.2, 0.25) is 0 Å². The van der Waals surface area contributed by atoms with Gasteiger partial charge in [-0.1, -0.05) is 17.7 Å². The molecule has 6 heteroatoms. The molecule has 0 aromatic heterocycles.